The lowest BCUT2D eigenvalue weighted by molar-refractivity contribution is 0.554. The number of hydrogen-bond donors (Lipinski definition) is 0. The zero-order chi connectivity index (χ0) is 20.3. The predicted molar refractivity (Wildman–Crippen MR) is 126 cm³/mol. The van der Waals surface area contributed by atoms with E-state index in [1.54, 1.807) is 0 Å². The van der Waals surface area contributed by atoms with E-state index in [-0.39, 0.29) is 0 Å². The van der Waals surface area contributed by atoms with E-state index in [2.05, 4.69) is 61.5 Å². The molecule has 0 amide bonds. The summed E-state index contributed by atoms with van der Waals surface area (Å²) in [5.41, 5.74) is 6.19. The molecule has 0 saturated carbocycles. The first kappa shape index (κ1) is 20.4. The monoisotopic (exact) mass is 422 g/mol. The first-order valence-corrected chi connectivity index (χ1v) is 13.6. The van der Waals surface area contributed by atoms with Crippen molar-refractivity contribution >= 4 is 20.0 Å². The third-order valence-corrected chi connectivity index (χ3v) is 10.4. The van der Waals surface area contributed by atoms with Gasteiger partial charge in [0.25, 0.3) is 0 Å². The maximum absolute atomic E-state index is 15.1. The van der Waals surface area contributed by atoms with Crippen LogP contribution in [-0.4, -0.2) is 8.41 Å². The minimum absolute atomic E-state index is 0.471. The van der Waals surface area contributed by atoms with E-state index in [4.69, 9.17) is 11.6 Å². The van der Waals surface area contributed by atoms with Gasteiger partial charge in [-0.3, -0.25) is 0 Å². The van der Waals surface area contributed by atoms with Gasteiger partial charge in [-0.2, -0.15) is 0 Å². The molecule has 29 heavy (non-hydrogen) atoms. The quantitative estimate of drug-likeness (QED) is 0.284. The van der Waals surface area contributed by atoms with E-state index >= 15 is 4.11 Å². The Morgan fingerprint density at radius 3 is 2.17 bits per heavy atom. The molecule has 0 aromatic heterocycles. The summed E-state index contributed by atoms with van der Waals surface area (Å²) in [6.45, 7) is 2.11. The van der Waals surface area contributed by atoms with Crippen LogP contribution in [0.25, 0.3) is 22.3 Å². The second-order valence-corrected chi connectivity index (χ2v) is 12.6. The van der Waals surface area contributed by atoms with Crippen molar-refractivity contribution < 1.29 is 4.11 Å². The summed E-state index contributed by atoms with van der Waals surface area (Å²) in [5, 5.41) is 0.749. The van der Waals surface area contributed by atoms with E-state index in [0.29, 0.717) is 5.92 Å². The van der Waals surface area contributed by atoms with Gasteiger partial charge in [0.1, 0.15) is 0 Å². The van der Waals surface area contributed by atoms with Crippen LogP contribution in [0.5, 0.6) is 0 Å². The molecule has 0 unspecified atom stereocenters. The molecule has 3 aromatic rings. The van der Waals surface area contributed by atoms with Crippen molar-refractivity contribution in [1.82, 2.24) is 0 Å². The van der Waals surface area contributed by atoms with Crippen LogP contribution in [0.2, 0.25) is 23.2 Å². The number of benzene rings is 3. The molecule has 1 fully saturated rings. The van der Waals surface area contributed by atoms with Gasteiger partial charge < -0.3 is 4.11 Å². The lowest BCUT2D eigenvalue weighted by Crippen LogP contribution is -2.32. The Bertz CT molecular complexity index is 944. The second-order valence-electron chi connectivity index (χ2n) is 8.35. The molecule has 3 heteroatoms. The number of hydrogen-bond acceptors (Lipinski definition) is 0. The Kier molecular flexibility index (Phi) is 6.22. The van der Waals surface area contributed by atoms with E-state index in [1.165, 1.54) is 27.8 Å². The summed E-state index contributed by atoms with van der Waals surface area (Å²) < 4.78 is 15.1. The molecule has 1 saturated heterocycles. The molecular weight excluding hydrogens is 395 g/mol. The minimum atomic E-state index is -2.47. The fourth-order valence-corrected chi connectivity index (χ4v) is 8.22. The molecule has 0 nitrogen and oxygen atoms in total. The average Bonchev–Trinajstić information content (AvgIpc) is 2.75. The van der Waals surface area contributed by atoms with Gasteiger partial charge in [0.2, 0.25) is 8.41 Å². The molecule has 0 spiro atoms. The molecule has 3 aromatic carbocycles. The van der Waals surface area contributed by atoms with E-state index in [0.717, 1.165) is 42.4 Å². The summed E-state index contributed by atoms with van der Waals surface area (Å²) in [6, 6.07) is 27.9. The lowest BCUT2D eigenvalue weighted by Gasteiger charge is -2.32. The Morgan fingerprint density at radius 1 is 0.862 bits per heavy atom. The van der Waals surface area contributed by atoms with Crippen LogP contribution in [0.3, 0.4) is 0 Å². The fraction of sp³-hybridized carbons (Fsp3) is 0.308. The maximum Gasteiger partial charge on any atom is 0.247 e. The normalized spacial score (nSPS) is 21.8. The summed E-state index contributed by atoms with van der Waals surface area (Å²) in [7, 11) is -2.47. The van der Waals surface area contributed by atoms with Crippen LogP contribution in [0.1, 0.15) is 37.7 Å². The molecule has 0 aliphatic carbocycles. The summed E-state index contributed by atoms with van der Waals surface area (Å²) in [6.07, 6.45) is 2.97. The van der Waals surface area contributed by atoms with Gasteiger partial charge in [0.05, 0.1) is 0 Å². The highest BCUT2D eigenvalue weighted by atomic mass is 35.5. The van der Waals surface area contributed by atoms with Crippen LogP contribution in [0.4, 0.5) is 4.11 Å². The molecule has 1 heterocycles. The van der Waals surface area contributed by atoms with Crippen LogP contribution >= 0.6 is 11.6 Å². The van der Waals surface area contributed by atoms with Crippen molar-refractivity contribution in [3.05, 3.63) is 83.4 Å². The molecule has 0 atom stereocenters. The maximum atomic E-state index is 15.1. The van der Waals surface area contributed by atoms with Gasteiger partial charge >= 0.3 is 0 Å². The molecule has 0 bridgehead atoms. The van der Waals surface area contributed by atoms with Gasteiger partial charge in [0.15, 0.2) is 0 Å². The second kappa shape index (κ2) is 8.85. The number of rotatable bonds is 5. The minimum Gasteiger partial charge on any atom is -0.314 e. The van der Waals surface area contributed by atoms with Crippen LogP contribution < -0.4 is 0 Å². The molecule has 0 radical (unpaired) electrons. The zero-order valence-corrected chi connectivity index (χ0v) is 18.8. The average molecular weight is 423 g/mol. The Hall–Kier alpha value is -1.90. The standard InChI is InChI=1S/C26H28ClFSi/c1-2-16-29(28)17-14-20(15-18-29)23-10-13-25(21-6-4-3-5-7-21)26(19-23)22-8-11-24(27)12-9-22/h3-13,19-20H,2,14-18H2,1H3/t20-,29+. The highest BCUT2D eigenvalue weighted by Gasteiger charge is 2.38. The SMILES string of the molecule is CCC[Si@]1(F)CC[C@@H](c2ccc(-c3ccccc3)c(-c3ccc(Cl)cc3)c2)CC1. The Balaban J connectivity index is 1.69. The Labute approximate surface area is 179 Å². The highest BCUT2D eigenvalue weighted by molar-refractivity contribution is 6.73. The Morgan fingerprint density at radius 2 is 1.52 bits per heavy atom. The van der Waals surface area contributed by atoms with Gasteiger partial charge in [-0.05, 0) is 76.8 Å². The van der Waals surface area contributed by atoms with Crippen molar-refractivity contribution in [3.8, 4) is 22.3 Å². The van der Waals surface area contributed by atoms with Crippen molar-refractivity contribution in [3.63, 3.8) is 0 Å². The molecular formula is C26H28ClFSi. The number of halogens is 2. The van der Waals surface area contributed by atoms with E-state index < -0.39 is 8.41 Å². The summed E-state index contributed by atoms with van der Waals surface area (Å²) in [4.78, 5) is 0. The molecule has 1 aliphatic rings. The smallest absolute Gasteiger partial charge is 0.247 e. The zero-order valence-electron chi connectivity index (χ0n) is 17.0. The first-order valence-electron chi connectivity index (χ1n) is 10.7. The first-order chi connectivity index (χ1) is 14.1. The van der Waals surface area contributed by atoms with Crippen molar-refractivity contribution in [2.45, 2.75) is 50.2 Å². The fourth-order valence-electron chi connectivity index (χ4n) is 4.72. The topological polar surface area (TPSA) is 0 Å². The third kappa shape index (κ3) is 4.65. The van der Waals surface area contributed by atoms with Crippen LogP contribution in [0, 0.1) is 0 Å². The van der Waals surface area contributed by atoms with Crippen LogP contribution in [-0.2, 0) is 0 Å². The van der Waals surface area contributed by atoms with Gasteiger partial charge in [0, 0.05) is 5.02 Å². The van der Waals surface area contributed by atoms with Crippen molar-refractivity contribution in [2.75, 3.05) is 0 Å². The van der Waals surface area contributed by atoms with Crippen molar-refractivity contribution in [1.29, 1.82) is 0 Å². The predicted octanol–water partition coefficient (Wildman–Crippen LogP) is 8.88. The van der Waals surface area contributed by atoms with Gasteiger partial charge in [-0.25, -0.2) is 0 Å². The third-order valence-electron chi connectivity index (χ3n) is 6.33. The molecule has 4 rings (SSSR count). The van der Waals surface area contributed by atoms with Gasteiger partial charge in [-0.15, -0.1) is 0 Å². The van der Waals surface area contributed by atoms with E-state index in [9.17, 15) is 0 Å². The largest absolute Gasteiger partial charge is 0.314 e. The van der Waals surface area contributed by atoms with Crippen molar-refractivity contribution in [2.24, 2.45) is 0 Å². The van der Waals surface area contributed by atoms with Gasteiger partial charge in [-0.1, -0.05) is 85.6 Å². The summed E-state index contributed by atoms with van der Waals surface area (Å²) >= 11 is 6.13. The van der Waals surface area contributed by atoms with Crippen LogP contribution in [0.15, 0.2) is 72.8 Å². The lowest BCUT2D eigenvalue weighted by atomic mass is 9.87. The molecule has 0 N–H and O–H groups in total. The molecule has 150 valence electrons. The summed E-state index contributed by atoms with van der Waals surface area (Å²) in [5.74, 6) is 0.471. The molecule has 1 aliphatic heterocycles. The van der Waals surface area contributed by atoms with E-state index in [1.807, 2.05) is 18.2 Å². The highest BCUT2D eigenvalue weighted by Crippen LogP contribution is 2.43.